The fraction of sp³-hybridized carbons (Fsp3) is 0.517. The molecule has 1 aliphatic carbocycles. The second-order valence-electron chi connectivity index (χ2n) is 11.6. The number of carbonyl (C=O) groups excluding carboxylic acids is 2. The van der Waals surface area contributed by atoms with Crippen LogP contribution in [0.5, 0.6) is 0 Å². The number of esters is 1. The lowest BCUT2D eigenvalue weighted by Gasteiger charge is -2.31. The number of hydrogen-bond acceptors (Lipinski definition) is 7. The zero-order valence-electron chi connectivity index (χ0n) is 23.4. The number of Topliss-reactive ketones (excluding diaryl/α,β-unsaturated/α-hetero) is 1. The SMILES string of the molecule is [B]c1sc2c(c1C)c(=O)n(C(C)(C)C(=O)OC(C)(C)C)c(=O)n2CC(OC1CCC(=O)CC1)c1ccccc1. The molecule has 0 aliphatic heterocycles. The molecule has 1 saturated carbocycles. The van der Waals surface area contributed by atoms with Gasteiger partial charge in [0.2, 0.25) is 0 Å². The van der Waals surface area contributed by atoms with Crippen LogP contribution in [0.2, 0.25) is 0 Å². The molecular weight excluding hydrogens is 515 g/mol. The topological polar surface area (TPSA) is 96.6 Å². The predicted octanol–water partition coefficient (Wildman–Crippen LogP) is 3.67. The van der Waals surface area contributed by atoms with E-state index in [1.165, 1.54) is 29.8 Å². The molecule has 1 aliphatic rings. The summed E-state index contributed by atoms with van der Waals surface area (Å²) in [7, 11) is 6.25. The van der Waals surface area contributed by atoms with E-state index in [1.54, 1.807) is 27.7 Å². The first-order valence-corrected chi connectivity index (χ1v) is 14.0. The Morgan fingerprint density at radius 1 is 1.08 bits per heavy atom. The molecule has 1 atom stereocenters. The summed E-state index contributed by atoms with van der Waals surface area (Å²) in [5.41, 5.74) is -2.21. The Kier molecular flexibility index (Phi) is 8.10. The lowest BCUT2D eigenvalue weighted by Crippen LogP contribution is -2.54. The Labute approximate surface area is 233 Å². The van der Waals surface area contributed by atoms with Gasteiger partial charge < -0.3 is 9.47 Å². The minimum atomic E-state index is -1.59. The van der Waals surface area contributed by atoms with E-state index in [1.807, 2.05) is 30.3 Å². The van der Waals surface area contributed by atoms with Gasteiger partial charge in [-0.3, -0.25) is 14.2 Å². The van der Waals surface area contributed by atoms with Gasteiger partial charge in [-0.05, 0) is 70.3 Å². The molecule has 0 N–H and O–H groups in total. The van der Waals surface area contributed by atoms with Gasteiger partial charge in [0.25, 0.3) is 5.56 Å². The standard InChI is InChI=1S/C29H35BN2O6S/c1-17-22-24(34)32(29(5,6)26(35)38-28(2,3)4)27(36)31(25(22)39-23(17)30)16-21(18-10-8-7-9-11-18)37-20-14-12-19(33)13-15-20/h7-11,20-21H,12-16H2,1-6H3. The van der Waals surface area contributed by atoms with Crippen LogP contribution in [0.15, 0.2) is 39.9 Å². The van der Waals surface area contributed by atoms with Gasteiger partial charge in [0.05, 0.1) is 18.0 Å². The van der Waals surface area contributed by atoms with Gasteiger partial charge in [-0.25, -0.2) is 14.2 Å². The first-order valence-electron chi connectivity index (χ1n) is 13.2. The molecule has 1 aromatic carbocycles. The van der Waals surface area contributed by atoms with Crippen molar-refractivity contribution >= 4 is 45.9 Å². The molecule has 4 rings (SSSR count). The minimum absolute atomic E-state index is 0.0911. The van der Waals surface area contributed by atoms with Crippen molar-refractivity contribution in [2.45, 2.75) is 97.1 Å². The zero-order chi connectivity index (χ0) is 28.7. The van der Waals surface area contributed by atoms with Crippen molar-refractivity contribution < 1.29 is 19.1 Å². The van der Waals surface area contributed by atoms with Crippen molar-refractivity contribution in [2.75, 3.05) is 0 Å². The highest BCUT2D eigenvalue weighted by atomic mass is 32.1. The van der Waals surface area contributed by atoms with Gasteiger partial charge in [0.15, 0.2) is 0 Å². The summed E-state index contributed by atoms with van der Waals surface area (Å²) in [6, 6.07) is 9.55. The van der Waals surface area contributed by atoms with E-state index < -0.39 is 34.5 Å². The maximum Gasteiger partial charge on any atom is 0.333 e. The summed E-state index contributed by atoms with van der Waals surface area (Å²) in [6.45, 7) is 10.0. The second kappa shape index (κ2) is 10.9. The molecule has 2 heterocycles. The molecule has 39 heavy (non-hydrogen) atoms. The van der Waals surface area contributed by atoms with Crippen LogP contribution in [0.4, 0.5) is 0 Å². The van der Waals surface area contributed by atoms with Gasteiger partial charge in [0.1, 0.15) is 35.7 Å². The maximum absolute atomic E-state index is 14.1. The number of hydrogen-bond donors (Lipinski definition) is 0. The Hall–Kier alpha value is -2.98. The molecule has 2 aromatic heterocycles. The van der Waals surface area contributed by atoms with Gasteiger partial charge in [0, 0.05) is 12.8 Å². The number of fused-ring (bicyclic) bond motifs is 1. The molecule has 0 bridgehead atoms. The predicted molar refractivity (Wildman–Crippen MR) is 153 cm³/mol. The minimum Gasteiger partial charge on any atom is -0.458 e. The largest absolute Gasteiger partial charge is 0.458 e. The summed E-state index contributed by atoms with van der Waals surface area (Å²) in [5.74, 6) is -0.464. The van der Waals surface area contributed by atoms with Gasteiger partial charge in [-0.15, -0.1) is 11.3 Å². The van der Waals surface area contributed by atoms with Crippen molar-refractivity contribution in [2.24, 2.45) is 0 Å². The summed E-state index contributed by atoms with van der Waals surface area (Å²) < 4.78 is 15.0. The molecule has 3 aromatic rings. The summed E-state index contributed by atoms with van der Waals surface area (Å²) in [5, 5.41) is 0.295. The van der Waals surface area contributed by atoms with Crippen LogP contribution in [-0.2, 0) is 31.1 Å². The van der Waals surface area contributed by atoms with Crippen molar-refractivity contribution in [1.82, 2.24) is 9.13 Å². The number of aryl methyl sites for hydroxylation is 1. The monoisotopic (exact) mass is 550 g/mol. The highest BCUT2D eigenvalue weighted by Crippen LogP contribution is 2.29. The second-order valence-corrected chi connectivity index (χ2v) is 12.7. The van der Waals surface area contributed by atoms with E-state index in [9.17, 15) is 19.2 Å². The average molecular weight is 550 g/mol. The normalized spacial score (nSPS) is 16.0. The van der Waals surface area contributed by atoms with Gasteiger partial charge in [-0.2, -0.15) is 0 Å². The first kappa shape index (κ1) is 29.0. The fourth-order valence-corrected chi connectivity index (χ4v) is 5.92. The van der Waals surface area contributed by atoms with Gasteiger partial charge >= 0.3 is 11.7 Å². The third kappa shape index (κ3) is 5.97. The summed E-state index contributed by atoms with van der Waals surface area (Å²) >= 11 is 1.17. The van der Waals surface area contributed by atoms with Crippen molar-refractivity contribution in [3.8, 4) is 0 Å². The average Bonchev–Trinajstić information content (AvgIpc) is 3.15. The highest BCUT2D eigenvalue weighted by Gasteiger charge is 2.39. The number of thiophene rings is 1. The molecule has 0 amide bonds. The van der Waals surface area contributed by atoms with E-state index in [0.29, 0.717) is 46.2 Å². The molecule has 206 valence electrons. The highest BCUT2D eigenvalue weighted by molar-refractivity contribution is 7.26. The Bertz CT molecular complexity index is 1500. The Morgan fingerprint density at radius 2 is 1.69 bits per heavy atom. The number of ether oxygens (including phenoxy) is 2. The van der Waals surface area contributed by atoms with Crippen molar-refractivity contribution in [3.05, 3.63) is 62.3 Å². The Balaban J connectivity index is 1.88. The first-order chi connectivity index (χ1) is 18.2. The van der Waals surface area contributed by atoms with E-state index in [0.717, 1.165) is 10.1 Å². The molecule has 1 unspecified atom stereocenters. The number of ketones is 1. The van der Waals surface area contributed by atoms with E-state index in [-0.39, 0.29) is 18.4 Å². The maximum atomic E-state index is 14.1. The van der Waals surface area contributed by atoms with E-state index in [2.05, 4.69) is 0 Å². The molecule has 1 fully saturated rings. The lowest BCUT2D eigenvalue weighted by atomic mass is 9.96. The molecule has 0 spiro atoms. The summed E-state index contributed by atoms with van der Waals surface area (Å²) in [6.07, 6.45) is 1.48. The van der Waals surface area contributed by atoms with Crippen LogP contribution in [0.3, 0.4) is 0 Å². The number of carbonyl (C=O) groups is 2. The van der Waals surface area contributed by atoms with Crippen LogP contribution < -0.4 is 16.0 Å². The fourth-order valence-electron chi connectivity index (χ4n) is 4.85. The third-order valence-electron chi connectivity index (χ3n) is 7.07. The zero-order valence-corrected chi connectivity index (χ0v) is 24.2. The quantitative estimate of drug-likeness (QED) is 0.329. The number of aromatic nitrogens is 2. The van der Waals surface area contributed by atoms with Crippen LogP contribution in [-0.4, -0.2) is 40.4 Å². The molecular formula is C29H35BN2O6S. The van der Waals surface area contributed by atoms with Crippen molar-refractivity contribution in [1.29, 1.82) is 0 Å². The van der Waals surface area contributed by atoms with Gasteiger partial charge in [-0.1, -0.05) is 30.3 Å². The lowest BCUT2D eigenvalue weighted by molar-refractivity contribution is -0.164. The number of rotatable bonds is 7. The van der Waals surface area contributed by atoms with Crippen LogP contribution in [0, 0.1) is 6.92 Å². The van der Waals surface area contributed by atoms with Crippen molar-refractivity contribution in [3.63, 3.8) is 0 Å². The van der Waals surface area contributed by atoms with Crippen LogP contribution in [0.1, 0.15) is 77.5 Å². The molecule has 10 heteroatoms. The van der Waals surface area contributed by atoms with E-state index >= 15 is 0 Å². The van der Waals surface area contributed by atoms with E-state index in [4.69, 9.17) is 17.3 Å². The summed E-state index contributed by atoms with van der Waals surface area (Å²) in [4.78, 5) is 53.4. The smallest absolute Gasteiger partial charge is 0.333 e. The molecule has 8 nitrogen and oxygen atoms in total. The molecule has 2 radical (unpaired) electrons. The van der Waals surface area contributed by atoms with Crippen LogP contribution >= 0.6 is 11.3 Å². The number of benzene rings is 1. The Morgan fingerprint density at radius 3 is 2.28 bits per heavy atom. The van der Waals surface area contributed by atoms with Crippen LogP contribution in [0.25, 0.3) is 10.2 Å². The third-order valence-corrected chi connectivity index (χ3v) is 8.22. The number of nitrogens with zero attached hydrogens (tertiary/aromatic N) is 2. The molecule has 0 saturated heterocycles.